The lowest BCUT2D eigenvalue weighted by atomic mass is 10.1. The lowest BCUT2D eigenvalue weighted by Gasteiger charge is -2.12. The van der Waals surface area contributed by atoms with Gasteiger partial charge in [-0.25, -0.2) is 4.79 Å². The third-order valence-electron chi connectivity index (χ3n) is 3.83. The summed E-state index contributed by atoms with van der Waals surface area (Å²) in [6.45, 7) is 4.69. The molecule has 0 saturated carbocycles. The van der Waals surface area contributed by atoms with E-state index in [0.29, 0.717) is 30.4 Å². The van der Waals surface area contributed by atoms with E-state index in [1.165, 1.54) is 0 Å². The first-order chi connectivity index (χ1) is 12.0. The minimum Gasteiger partial charge on any atom is -0.496 e. The summed E-state index contributed by atoms with van der Waals surface area (Å²) in [6, 6.07) is 10.8. The SMILES string of the molecule is COc1cc(OC)cc(OCCNC(=O)Nc2cccc(C)c2C)c1. The maximum absolute atomic E-state index is 12.0. The van der Waals surface area contributed by atoms with Crippen LogP contribution in [0.2, 0.25) is 0 Å². The molecule has 6 heteroatoms. The summed E-state index contributed by atoms with van der Waals surface area (Å²) in [5.74, 6) is 1.91. The molecule has 0 bridgehead atoms. The minimum absolute atomic E-state index is 0.263. The van der Waals surface area contributed by atoms with E-state index >= 15 is 0 Å². The summed E-state index contributed by atoms with van der Waals surface area (Å²) in [4.78, 5) is 12.0. The quantitative estimate of drug-likeness (QED) is 0.754. The monoisotopic (exact) mass is 344 g/mol. The number of methoxy groups -OCH3 is 2. The molecule has 0 aliphatic carbocycles. The van der Waals surface area contributed by atoms with E-state index in [2.05, 4.69) is 10.6 Å². The van der Waals surface area contributed by atoms with Gasteiger partial charge in [0.05, 0.1) is 20.8 Å². The third kappa shape index (κ3) is 5.31. The zero-order valence-corrected chi connectivity index (χ0v) is 15.0. The van der Waals surface area contributed by atoms with Gasteiger partial charge in [-0.3, -0.25) is 0 Å². The van der Waals surface area contributed by atoms with E-state index in [-0.39, 0.29) is 6.03 Å². The Morgan fingerprint density at radius 2 is 1.64 bits per heavy atom. The Morgan fingerprint density at radius 1 is 1.00 bits per heavy atom. The Bertz CT molecular complexity index is 709. The first kappa shape index (κ1) is 18.4. The zero-order chi connectivity index (χ0) is 18.2. The Balaban J connectivity index is 1.81. The van der Waals surface area contributed by atoms with Crippen LogP contribution in [-0.4, -0.2) is 33.4 Å². The molecule has 0 aliphatic heterocycles. The van der Waals surface area contributed by atoms with Crippen molar-refractivity contribution in [3.8, 4) is 17.2 Å². The largest absolute Gasteiger partial charge is 0.496 e. The second kappa shape index (κ2) is 8.82. The van der Waals surface area contributed by atoms with Gasteiger partial charge in [-0.05, 0) is 31.0 Å². The van der Waals surface area contributed by atoms with Gasteiger partial charge in [0.25, 0.3) is 0 Å². The number of carbonyl (C=O) groups is 1. The fraction of sp³-hybridized carbons (Fsp3) is 0.316. The van der Waals surface area contributed by atoms with Crippen LogP contribution in [0.5, 0.6) is 17.2 Å². The van der Waals surface area contributed by atoms with Crippen LogP contribution in [0.25, 0.3) is 0 Å². The topological polar surface area (TPSA) is 68.8 Å². The van der Waals surface area contributed by atoms with Gasteiger partial charge in [0.15, 0.2) is 0 Å². The number of nitrogens with one attached hydrogen (secondary N) is 2. The molecule has 6 nitrogen and oxygen atoms in total. The summed E-state index contributed by atoms with van der Waals surface area (Å²) in [7, 11) is 3.16. The molecule has 0 atom stereocenters. The van der Waals surface area contributed by atoms with E-state index in [1.807, 2.05) is 32.0 Å². The van der Waals surface area contributed by atoms with Crippen LogP contribution in [0, 0.1) is 13.8 Å². The van der Waals surface area contributed by atoms with Crippen LogP contribution < -0.4 is 24.8 Å². The molecule has 0 fully saturated rings. The Morgan fingerprint density at radius 3 is 2.28 bits per heavy atom. The maximum Gasteiger partial charge on any atom is 0.319 e. The summed E-state index contributed by atoms with van der Waals surface area (Å²) in [5, 5.41) is 5.61. The highest BCUT2D eigenvalue weighted by molar-refractivity contribution is 5.90. The molecule has 134 valence electrons. The Hall–Kier alpha value is -2.89. The van der Waals surface area contributed by atoms with Crippen LogP contribution in [0.4, 0.5) is 10.5 Å². The first-order valence-corrected chi connectivity index (χ1v) is 8.00. The Kier molecular flexibility index (Phi) is 6.51. The molecule has 0 aliphatic rings. The van der Waals surface area contributed by atoms with E-state index in [0.717, 1.165) is 16.8 Å². The maximum atomic E-state index is 12.0. The molecular weight excluding hydrogens is 320 g/mol. The van der Waals surface area contributed by atoms with Gasteiger partial charge in [-0.2, -0.15) is 0 Å². The first-order valence-electron chi connectivity index (χ1n) is 8.00. The van der Waals surface area contributed by atoms with Crippen molar-refractivity contribution in [1.82, 2.24) is 5.32 Å². The number of urea groups is 1. The molecule has 0 aromatic heterocycles. The number of aryl methyl sites for hydroxylation is 1. The van der Waals surface area contributed by atoms with E-state index in [9.17, 15) is 4.79 Å². The number of anilines is 1. The summed E-state index contributed by atoms with van der Waals surface area (Å²) >= 11 is 0. The van der Waals surface area contributed by atoms with Crippen molar-refractivity contribution >= 4 is 11.7 Å². The molecule has 0 saturated heterocycles. The number of hydrogen-bond donors (Lipinski definition) is 2. The van der Waals surface area contributed by atoms with E-state index in [1.54, 1.807) is 32.4 Å². The molecule has 0 heterocycles. The number of benzene rings is 2. The van der Waals surface area contributed by atoms with Crippen molar-refractivity contribution in [3.63, 3.8) is 0 Å². The van der Waals surface area contributed by atoms with E-state index < -0.39 is 0 Å². The number of rotatable bonds is 7. The zero-order valence-electron chi connectivity index (χ0n) is 15.0. The normalized spacial score (nSPS) is 10.1. The van der Waals surface area contributed by atoms with Crippen molar-refractivity contribution in [2.24, 2.45) is 0 Å². The van der Waals surface area contributed by atoms with Crippen molar-refractivity contribution in [2.75, 3.05) is 32.7 Å². The van der Waals surface area contributed by atoms with Gasteiger partial charge < -0.3 is 24.8 Å². The van der Waals surface area contributed by atoms with Crippen molar-refractivity contribution in [1.29, 1.82) is 0 Å². The minimum atomic E-state index is -0.263. The fourth-order valence-electron chi connectivity index (χ4n) is 2.25. The lowest BCUT2D eigenvalue weighted by molar-refractivity contribution is 0.247. The lowest BCUT2D eigenvalue weighted by Crippen LogP contribution is -2.32. The molecule has 0 unspecified atom stereocenters. The smallest absolute Gasteiger partial charge is 0.319 e. The molecular formula is C19H24N2O4. The van der Waals surface area contributed by atoms with Crippen LogP contribution in [0.3, 0.4) is 0 Å². The average molecular weight is 344 g/mol. The van der Waals surface area contributed by atoms with Crippen molar-refractivity contribution in [3.05, 3.63) is 47.5 Å². The number of ether oxygens (including phenoxy) is 3. The van der Waals surface area contributed by atoms with Crippen LogP contribution in [0.15, 0.2) is 36.4 Å². The highest BCUT2D eigenvalue weighted by Crippen LogP contribution is 2.27. The number of hydrogen-bond acceptors (Lipinski definition) is 4. The van der Waals surface area contributed by atoms with Crippen LogP contribution in [-0.2, 0) is 0 Å². The second-order valence-electron chi connectivity index (χ2n) is 5.53. The summed E-state index contributed by atoms with van der Waals surface area (Å²) in [5.41, 5.74) is 2.99. The van der Waals surface area contributed by atoms with Gasteiger partial charge in [0.1, 0.15) is 23.9 Å². The van der Waals surface area contributed by atoms with Gasteiger partial charge in [-0.15, -0.1) is 0 Å². The van der Waals surface area contributed by atoms with Crippen LogP contribution in [0.1, 0.15) is 11.1 Å². The standard InChI is InChI=1S/C19H24N2O4/c1-13-6-5-7-18(14(13)2)21-19(22)20-8-9-25-17-11-15(23-3)10-16(12-17)24-4/h5-7,10-12H,8-9H2,1-4H3,(H2,20,21,22). The highest BCUT2D eigenvalue weighted by Gasteiger charge is 2.06. The Labute approximate surface area is 148 Å². The van der Waals surface area contributed by atoms with E-state index in [4.69, 9.17) is 14.2 Å². The predicted octanol–water partition coefficient (Wildman–Crippen LogP) is 3.52. The highest BCUT2D eigenvalue weighted by atomic mass is 16.5. The number of amides is 2. The van der Waals surface area contributed by atoms with Gasteiger partial charge in [0.2, 0.25) is 0 Å². The molecule has 2 N–H and O–H groups in total. The molecule has 2 rings (SSSR count). The third-order valence-corrected chi connectivity index (χ3v) is 3.83. The predicted molar refractivity (Wildman–Crippen MR) is 98.0 cm³/mol. The van der Waals surface area contributed by atoms with Crippen molar-refractivity contribution < 1.29 is 19.0 Å². The molecule has 2 amide bonds. The molecule has 2 aromatic rings. The summed E-state index contributed by atoms with van der Waals surface area (Å²) < 4.78 is 16.0. The average Bonchev–Trinajstić information content (AvgIpc) is 2.62. The van der Waals surface area contributed by atoms with Gasteiger partial charge >= 0.3 is 6.03 Å². The molecule has 2 aromatic carbocycles. The molecule has 25 heavy (non-hydrogen) atoms. The van der Waals surface area contributed by atoms with Gasteiger partial charge in [-0.1, -0.05) is 12.1 Å². The molecule has 0 radical (unpaired) electrons. The van der Waals surface area contributed by atoms with Crippen LogP contribution >= 0.6 is 0 Å². The summed E-state index contributed by atoms with van der Waals surface area (Å²) in [6.07, 6.45) is 0. The van der Waals surface area contributed by atoms with Crippen molar-refractivity contribution in [2.45, 2.75) is 13.8 Å². The fourth-order valence-corrected chi connectivity index (χ4v) is 2.25. The number of carbonyl (C=O) groups excluding carboxylic acids is 1. The molecule has 0 spiro atoms. The second-order valence-corrected chi connectivity index (χ2v) is 5.53. The van der Waals surface area contributed by atoms with Gasteiger partial charge in [0, 0.05) is 23.9 Å².